The van der Waals surface area contributed by atoms with Crippen molar-refractivity contribution in [2.24, 2.45) is 0 Å². The predicted octanol–water partition coefficient (Wildman–Crippen LogP) is 2.88. The maximum Gasteiger partial charge on any atom is 0.0387 e. The molecule has 94 valence electrons. The number of benzene rings is 1. The van der Waals surface area contributed by atoms with Crippen LogP contribution in [0, 0.1) is 13.8 Å². The lowest BCUT2D eigenvalue weighted by atomic mass is 10.0. The largest absolute Gasteiger partial charge is 0.366 e. The molecule has 2 heteroatoms. The van der Waals surface area contributed by atoms with Crippen molar-refractivity contribution >= 4 is 5.69 Å². The van der Waals surface area contributed by atoms with Crippen molar-refractivity contribution in [3.63, 3.8) is 0 Å². The van der Waals surface area contributed by atoms with Crippen LogP contribution in [0.15, 0.2) is 18.2 Å². The summed E-state index contributed by atoms with van der Waals surface area (Å²) < 4.78 is 0. The molecule has 2 rings (SSSR count). The third-order valence-corrected chi connectivity index (χ3v) is 3.97. The molecule has 0 aliphatic carbocycles. The van der Waals surface area contributed by atoms with Gasteiger partial charge in [0.15, 0.2) is 0 Å². The molecule has 1 aromatic rings. The van der Waals surface area contributed by atoms with E-state index in [0.29, 0.717) is 12.1 Å². The summed E-state index contributed by atoms with van der Waals surface area (Å²) >= 11 is 0. The van der Waals surface area contributed by atoms with E-state index in [1.165, 1.54) is 23.2 Å². The van der Waals surface area contributed by atoms with Crippen molar-refractivity contribution in [3.8, 4) is 0 Å². The molecule has 0 saturated carbocycles. The molecule has 17 heavy (non-hydrogen) atoms. The Balaban J connectivity index is 2.21. The number of rotatable bonds is 2. The van der Waals surface area contributed by atoms with E-state index in [-0.39, 0.29) is 0 Å². The van der Waals surface area contributed by atoms with Crippen molar-refractivity contribution in [1.29, 1.82) is 0 Å². The second-order valence-corrected chi connectivity index (χ2v) is 5.28. The molecule has 0 radical (unpaired) electrons. The minimum Gasteiger partial charge on any atom is -0.366 e. The average molecular weight is 232 g/mol. The Kier molecular flexibility index (Phi) is 3.72. The number of nitrogens with zero attached hydrogens (tertiary/aromatic N) is 1. The molecule has 1 saturated heterocycles. The summed E-state index contributed by atoms with van der Waals surface area (Å²) in [6.07, 6.45) is 1.20. The monoisotopic (exact) mass is 232 g/mol. The van der Waals surface area contributed by atoms with Crippen LogP contribution in [0.2, 0.25) is 0 Å². The van der Waals surface area contributed by atoms with Gasteiger partial charge in [0.25, 0.3) is 0 Å². The highest BCUT2D eigenvalue weighted by Gasteiger charge is 2.23. The minimum atomic E-state index is 0.583. The third kappa shape index (κ3) is 2.63. The van der Waals surface area contributed by atoms with Crippen LogP contribution >= 0.6 is 0 Å². The van der Waals surface area contributed by atoms with E-state index >= 15 is 0 Å². The summed E-state index contributed by atoms with van der Waals surface area (Å²) in [5.74, 6) is 0. The van der Waals surface area contributed by atoms with Gasteiger partial charge in [-0.15, -0.1) is 0 Å². The first kappa shape index (κ1) is 12.4. The van der Waals surface area contributed by atoms with Gasteiger partial charge in [-0.3, -0.25) is 0 Å². The van der Waals surface area contributed by atoms with Gasteiger partial charge in [0.1, 0.15) is 0 Å². The quantitative estimate of drug-likeness (QED) is 0.843. The molecule has 0 spiro atoms. The van der Waals surface area contributed by atoms with Gasteiger partial charge in [-0.05, 0) is 50.5 Å². The smallest absolute Gasteiger partial charge is 0.0387 e. The van der Waals surface area contributed by atoms with Gasteiger partial charge >= 0.3 is 0 Å². The molecule has 0 aromatic heterocycles. The molecule has 1 aromatic carbocycles. The summed E-state index contributed by atoms with van der Waals surface area (Å²) in [7, 11) is 0. The topological polar surface area (TPSA) is 15.3 Å². The molecule has 1 aliphatic heterocycles. The van der Waals surface area contributed by atoms with Crippen LogP contribution in [-0.2, 0) is 0 Å². The number of hydrogen-bond acceptors (Lipinski definition) is 2. The van der Waals surface area contributed by atoms with E-state index in [1.54, 1.807) is 0 Å². The first-order valence-electron chi connectivity index (χ1n) is 6.69. The maximum atomic E-state index is 3.60. The third-order valence-electron chi connectivity index (χ3n) is 3.97. The van der Waals surface area contributed by atoms with Crippen LogP contribution < -0.4 is 10.2 Å². The van der Waals surface area contributed by atoms with Crippen LogP contribution in [0.5, 0.6) is 0 Å². The van der Waals surface area contributed by atoms with Gasteiger partial charge in [-0.1, -0.05) is 13.0 Å². The Labute approximate surface area is 105 Å². The molecule has 2 atom stereocenters. The first-order valence-corrected chi connectivity index (χ1v) is 6.69. The van der Waals surface area contributed by atoms with Crippen LogP contribution in [-0.4, -0.2) is 25.2 Å². The first-order chi connectivity index (χ1) is 8.11. The van der Waals surface area contributed by atoms with Crippen molar-refractivity contribution in [2.75, 3.05) is 18.0 Å². The fourth-order valence-electron chi connectivity index (χ4n) is 2.47. The zero-order valence-electron chi connectivity index (χ0n) is 11.5. The zero-order valence-corrected chi connectivity index (χ0v) is 11.5. The van der Waals surface area contributed by atoms with E-state index in [2.05, 4.69) is 56.1 Å². The molecule has 1 N–H and O–H groups in total. The normalized spacial score (nSPS) is 25.1. The van der Waals surface area contributed by atoms with Gasteiger partial charge < -0.3 is 10.2 Å². The minimum absolute atomic E-state index is 0.583. The molecule has 2 unspecified atom stereocenters. The maximum absolute atomic E-state index is 3.60. The van der Waals surface area contributed by atoms with Gasteiger partial charge in [0.05, 0.1) is 0 Å². The summed E-state index contributed by atoms with van der Waals surface area (Å²) in [5, 5.41) is 3.60. The highest BCUT2D eigenvalue weighted by Crippen LogP contribution is 2.23. The molecule has 1 aliphatic rings. The molecule has 0 amide bonds. The lowest BCUT2D eigenvalue weighted by Crippen LogP contribution is -2.55. The standard InChI is InChI=1S/C15H24N2/c1-5-14-10-17(13(4)9-16-14)15-7-6-11(2)12(3)8-15/h6-8,13-14,16H,5,9-10H2,1-4H3. The van der Waals surface area contributed by atoms with Crippen LogP contribution in [0.4, 0.5) is 5.69 Å². The highest BCUT2D eigenvalue weighted by molar-refractivity contribution is 5.52. The Hall–Kier alpha value is -1.02. The molecule has 2 nitrogen and oxygen atoms in total. The summed E-state index contributed by atoms with van der Waals surface area (Å²) in [5.41, 5.74) is 4.14. The van der Waals surface area contributed by atoms with E-state index in [4.69, 9.17) is 0 Å². The number of hydrogen-bond donors (Lipinski definition) is 1. The summed E-state index contributed by atoms with van der Waals surface area (Å²) in [6.45, 7) is 11.1. The van der Waals surface area contributed by atoms with Gasteiger partial charge in [-0.25, -0.2) is 0 Å². The van der Waals surface area contributed by atoms with Crippen molar-refractivity contribution in [1.82, 2.24) is 5.32 Å². The van der Waals surface area contributed by atoms with E-state index in [9.17, 15) is 0 Å². The van der Waals surface area contributed by atoms with Gasteiger partial charge in [0.2, 0.25) is 0 Å². The summed E-state index contributed by atoms with van der Waals surface area (Å²) in [4.78, 5) is 2.54. The number of aryl methyl sites for hydroxylation is 2. The number of piperazine rings is 1. The predicted molar refractivity (Wildman–Crippen MR) is 74.8 cm³/mol. The van der Waals surface area contributed by atoms with Gasteiger partial charge in [-0.2, -0.15) is 0 Å². The lowest BCUT2D eigenvalue weighted by molar-refractivity contribution is 0.397. The number of anilines is 1. The van der Waals surface area contributed by atoms with Crippen molar-refractivity contribution < 1.29 is 0 Å². The fourth-order valence-corrected chi connectivity index (χ4v) is 2.47. The molecule has 1 heterocycles. The average Bonchev–Trinajstić information content (AvgIpc) is 2.33. The van der Waals surface area contributed by atoms with Crippen molar-refractivity contribution in [3.05, 3.63) is 29.3 Å². The van der Waals surface area contributed by atoms with Crippen molar-refractivity contribution in [2.45, 2.75) is 46.2 Å². The van der Waals surface area contributed by atoms with E-state index in [1.807, 2.05) is 0 Å². The Morgan fingerprint density at radius 3 is 2.71 bits per heavy atom. The van der Waals surface area contributed by atoms with Crippen LogP contribution in [0.1, 0.15) is 31.4 Å². The second kappa shape index (κ2) is 5.09. The Morgan fingerprint density at radius 2 is 2.06 bits per heavy atom. The van der Waals surface area contributed by atoms with E-state index in [0.717, 1.165) is 13.1 Å². The second-order valence-electron chi connectivity index (χ2n) is 5.28. The van der Waals surface area contributed by atoms with Gasteiger partial charge in [0, 0.05) is 30.9 Å². The Bertz CT molecular complexity index is 387. The molecule has 1 fully saturated rings. The number of nitrogens with one attached hydrogen (secondary N) is 1. The lowest BCUT2D eigenvalue weighted by Gasteiger charge is -2.40. The van der Waals surface area contributed by atoms with Crippen LogP contribution in [0.25, 0.3) is 0 Å². The summed E-state index contributed by atoms with van der Waals surface area (Å²) in [6, 6.07) is 8.04. The SMILES string of the molecule is CCC1CN(c2ccc(C)c(C)c2)C(C)CN1. The zero-order chi connectivity index (χ0) is 12.4. The fraction of sp³-hybridized carbons (Fsp3) is 0.600. The molecular formula is C15H24N2. The van der Waals surface area contributed by atoms with E-state index < -0.39 is 0 Å². The molecule has 0 bridgehead atoms. The Morgan fingerprint density at radius 1 is 1.29 bits per heavy atom. The molecular weight excluding hydrogens is 208 g/mol. The highest BCUT2D eigenvalue weighted by atomic mass is 15.2. The van der Waals surface area contributed by atoms with Crippen LogP contribution in [0.3, 0.4) is 0 Å².